The second-order valence-corrected chi connectivity index (χ2v) is 8.22. The predicted octanol–water partition coefficient (Wildman–Crippen LogP) is 2.25. The third-order valence-corrected chi connectivity index (χ3v) is 6.18. The average molecular weight is 408 g/mol. The van der Waals surface area contributed by atoms with Crippen LogP contribution in [0.3, 0.4) is 0 Å². The van der Waals surface area contributed by atoms with Crippen LogP contribution in [0, 0.1) is 0 Å². The monoisotopic (exact) mass is 407 g/mol. The van der Waals surface area contributed by atoms with Gasteiger partial charge in [0.25, 0.3) is 0 Å². The summed E-state index contributed by atoms with van der Waals surface area (Å²) in [5.74, 6) is 0.457. The molecule has 0 radical (unpaired) electrons. The van der Waals surface area contributed by atoms with E-state index in [2.05, 4.69) is 15.5 Å². The van der Waals surface area contributed by atoms with E-state index in [-0.39, 0.29) is 11.7 Å². The number of rotatable bonds is 7. The fourth-order valence-electron chi connectivity index (χ4n) is 2.85. The summed E-state index contributed by atoms with van der Waals surface area (Å²) in [6.07, 6.45) is 2.46. The van der Waals surface area contributed by atoms with Crippen molar-refractivity contribution in [3.63, 3.8) is 0 Å². The molecule has 10 heteroatoms. The Labute approximate surface area is 165 Å². The van der Waals surface area contributed by atoms with Gasteiger partial charge in [0.15, 0.2) is 4.34 Å². The highest BCUT2D eigenvalue weighted by Crippen LogP contribution is 2.29. The Morgan fingerprint density at radius 2 is 2.11 bits per heavy atom. The molecule has 3 N–H and O–H groups in total. The molecule has 0 spiro atoms. The molecule has 1 aromatic heterocycles. The first-order valence-corrected chi connectivity index (χ1v) is 10.3. The number of methoxy groups -OCH3 is 1. The lowest BCUT2D eigenvalue weighted by Crippen LogP contribution is -2.51. The van der Waals surface area contributed by atoms with Gasteiger partial charge in [0.2, 0.25) is 16.9 Å². The maximum atomic E-state index is 12.5. The predicted molar refractivity (Wildman–Crippen MR) is 105 cm³/mol. The smallest absolute Gasteiger partial charge is 0.240 e. The van der Waals surface area contributed by atoms with Crippen LogP contribution in [0.2, 0.25) is 0 Å². The van der Waals surface area contributed by atoms with E-state index in [1.165, 1.54) is 23.1 Å². The zero-order valence-corrected chi connectivity index (χ0v) is 16.5. The van der Waals surface area contributed by atoms with Crippen LogP contribution in [0.4, 0.5) is 10.8 Å². The van der Waals surface area contributed by atoms with Gasteiger partial charge < -0.3 is 20.7 Å². The third kappa shape index (κ3) is 5.10. The molecule has 27 heavy (non-hydrogen) atoms. The van der Waals surface area contributed by atoms with Crippen LogP contribution in [-0.4, -0.2) is 52.4 Å². The summed E-state index contributed by atoms with van der Waals surface area (Å²) in [6.45, 7) is 0.577. The minimum atomic E-state index is -0.492. The van der Waals surface area contributed by atoms with Crippen molar-refractivity contribution in [3.05, 3.63) is 24.3 Å². The molecule has 1 atom stereocenters. The second kappa shape index (κ2) is 9.05. The maximum Gasteiger partial charge on any atom is 0.240 e. The largest absolute Gasteiger partial charge is 0.497 e. The van der Waals surface area contributed by atoms with Crippen LogP contribution in [-0.2, 0) is 9.59 Å². The molecule has 2 amide bonds. The summed E-state index contributed by atoms with van der Waals surface area (Å²) in [7, 11) is 1.62. The minimum Gasteiger partial charge on any atom is -0.497 e. The molecule has 1 saturated heterocycles. The number of benzene rings is 1. The van der Waals surface area contributed by atoms with Crippen LogP contribution in [0.1, 0.15) is 19.3 Å². The van der Waals surface area contributed by atoms with E-state index in [4.69, 9.17) is 10.5 Å². The number of carbonyl (C=O) groups is 2. The van der Waals surface area contributed by atoms with Crippen molar-refractivity contribution >= 4 is 45.7 Å². The number of primary amides is 1. The van der Waals surface area contributed by atoms with E-state index in [0.29, 0.717) is 22.4 Å². The number of nitrogens with two attached hydrogens (primary N) is 1. The first-order chi connectivity index (χ1) is 13.1. The van der Waals surface area contributed by atoms with Crippen molar-refractivity contribution in [1.82, 2.24) is 15.1 Å². The van der Waals surface area contributed by atoms with E-state index >= 15 is 0 Å². The van der Waals surface area contributed by atoms with Crippen molar-refractivity contribution in [2.24, 2.45) is 5.73 Å². The normalized spacial score (nSPS) is 16.8. The van der Waals surface area contributed by atoms with Crippen LogP contribution < -0.4 is 15.8 Å². The van der Waals surface area contributed by atoms with Gasteiger partial charge in [-0.15, -0.1) is 10.2 Å². The molecule has 2 aromatic rings. The van der Waals surface area contributed by atoms with Gasteiger partial charge in [-0.3, -0.25) is 9.59 Å². The van der Waals surface area contributed by atoms with Crippen molar-refractivity contribution in [1.29, 1.82) is 0 Å². The number of anilines is 2. The van der Waals surface area contributed by atoms with Crippen LogP contribution >= 0.6 is 23.1 Å². The van der Waals surface area contributed by atoms with Gasteiger partial charge in [0.05, 0.1) is 12.9 Å². The average Bonchev–Trinajstić information content (AvgIpc) is 3.14. The van der Waals surface area contributed by atoms with E-state index < -0.39 is 11.9 Å². The number of nitrogens with zero attached hydrogens (tertiary/aromatic N) is 3. The molecule has 0 bridgehead atoms. The molecule has 144 valence electrons. The van der Waals surface area contributed by atoms with Crippen molar-refractivity contribution in [2.75, 3.05) is 24.7 Å². The molecular weight excluding hydrogens is 386 g/mol. The molecule has 1 fully saturated rings. The molecule has 0 saturated carbocycles. The Morgan fingerprint density at radius 3 is 2.81 bits per heavy atom. The SMILES string of the molecule is COc1ccc(Nc2nnc(SCC(=O)N3CCCC[C@@H]3C(N)=O)s2)cc1. The van der Waals surface area contributed by atoms with Gasteiger partial charge in [-0.2, -0.15) is 0 Å². The highest BCUT2D eigenvalue weighted by atomic mass is 32.2. The molecule has 3 rings (SSSR count). The standard InChI is InChI=1S/C17H21N5O3S2/c1-25-12-7-5-11(6-8-12)19-16-20-21-17(27-16)26-10-14(23)22-9-3-2-4-13(22)15(18)24/h5-8,13H,2-4,9-10H2,1H3,(H2,18,24)(H,19,20)/t13-/m1/s1. The van der Waals surface area contributed by atoms with Crippen molar-refractivity contribution < 1.29 is 14.3 Å². The topological polar surface area (TPSA) is 110 Å². The van der Waals surface area contributed by atoms with E-state index in [0.717, 1.165) is 24.3 Å². The van der Waals surface area contributed by atoms with Gasteiger partial charge in [-0.1, -0.05) is 23.1 Å². The van der Waals surface area contributed by atoms with E-state index in [1.807, 2.05) is 24.3 Å². The lowest BCUT2D eigenvalue weighted by molar-refractivity contribution is -0.138. The van der Waals surface area contributed by atoms with Gasteiger partial charge in [0.1, 0.15) is 11.8 Å². The second-order valence-electron chi connectivity index (χ2n) is 6.02. The number of likely N-dealkylation sites (tertiary alicyclic amines) is 1. The summed E-state index contributed by atoms with van der Waals surface area (Å²) in [4.78, 5) is 25.6. The lowest BCUT2D eigenvalue weighted by Gasteiger charge is -2.33. The number of aromatic nitrogens is 2. The first kappa shape index (κ1) is 19.4. The lowest BCUT2D eigenvalue weighted by atomic mass is 10.0. The number of hydrogen-bond donors (Lipinski definition) is 2. The molecule has 8 nitrogen and oxygen atoms in total. The van der Waals surface area contributed by atoms with Gasteiger partial charge in [0, 0.05) is 12.2 Å². The summed E-state index contributed by atoms with van der Waals surface area (Å²) in [5, 5.41) is 12.0. The van der Waals surface area contributed by atoms with E-state index in [9.17, 15) is 9.59 Å². The molecule has 1 aliphatic rings. The molecular formula is C17H21N5O3S2. The molecule has 1 aliphatic heterocycles. The third-order valence-electron chi connectivity index (χ3n) is 4.22. The number of nitrogens with one attached hydrogen (secondary N) is 1. The zero-order chi connectivity index (χ0) is 19.2. The Balaban J connectivity index is 1.54. The summed E-state index contributed by atoms with van der Waals surface area (Å²) in [5.41, 5.74) is 6.29. The zero-order valence-electron chi connectivity index (χ0n) is 14.9. The Bertz CT molecular complexity index is 796. The Morgan fingerprint density at radius 1 is 1.33 bits per heavy atom. The number of thioether (sulfide) groups is 1. The first-order valence-electron chi connectivity index (χ1n) is 8.53. The van der Waals surface area contributed by atoms with Crippen LogP contribution in [0.5, 0.6) is 5.75 Å². The number of ether oxygens (including phenoxy) is 1. The molecule has 0 unspecified atom stereocenters. The number of piperidine rings is 1. The highest BCUT2D eigenvalue weighted by molar-refractivity contribution is 8.01. The van der Waals surface area contributed by atoms with Gasteiger partial charge in [-0.25, -0.2) is 0 Å². The molecule has 2 heterocycles. The number of hydrogen-bond acceptors (Lipinski definition) is 8. The van der Waals surface area contributed by atoms with Crippen LogP contribution in [0.15, 0.2) is 28.6 Å². The van der Waals surface area contributed by atoms with Crippen molar-refractivity contribution in [3.8, 4) is 5.75 Å². The molecule has 1 aromatic carbocycles. The quantitative estimate of drug-likeness (QED) is 0.677. The summed E-state index contributed by atoms with van der Waals surface area (Å²) >= 11 is 2.68. The van der Waals surface area contributed by atoms with Gasteiger partial charge >= 0.3 is 0 Å². The number of carbonyl (C=O) groups excluding carboxylic acids is 2. The molecule has 0 aliphatic carbocycles. The Kier molecular flexibility index (Phi) is 6.51. The summed E-state index contributed by atoms with van der Waals surface area (Å²) in [6, 6.07) is 6.98. The Hall–Kier alpha value is -2.33. The van der Waals surface area contributed by atoms with Crippen LogP contribution in [0.25, 0.3) is 0 Å². The highest BCUT2D eigenvalue weighted by Gasteiger charge is 2.30. The minimum absolute atomic E-state index is 0.0941. The fraction of sp³-hybridized carbons (Fsp3) is 0.412. The number of amides is 2. The van der Waals surface area contributed by atoms with Gasteiger partial charge in [-0.05, 0) is 43.5 Å². The summed E-state index contributed by atoms with van der Waals surface area (Å²) < 4.78 is 5.82. The maximum absolute atomic E-state index is 12.5. The fourth-order valence-corrected chi connectivity index (χ4v) is 4.51. The van der Waals surface area contributed by atoms with Crippen molar-refractivity contribution in [2.45, 2.75) is 29.6 Å². The van der Waals surface area contributed by atoms with E-state index in [1.54, 1.807) is 12.0 Å².